The Morgan fingerprint density at radius 3 is 1.48 bits per heavy atom. The predicted molar refractivity (Wildman–Crippen MR) is 131 cm³/mol. The van der Waals surface area contributed by atoms with Crippen molar-refractivity contribution in [3.05, 3.63) is 35.9 Å². The van der Waals surface area contributed by atoms with Gasteiger partial charge in [-0.2, -0.15) is 0 Å². The van der Waals surface area contributed by atoms with E-state index in [4.69, 9.17) is 5.73 Å². The van der Waals surface area contributed by atoms with E-state index in [0.717, 1.165) is 6.42 Å². The summed E-state index contributed by atoms with van der Waals surface area (Å²) in [5.74, 6) is 0.576. The first kappa shape index (κ1) is 26.2. The summed E-state index contributed by atoms with van der Waals surface area (Å²) in [4.78, 5) is 0. The average Bonchev–Trinajstić information content (AvgIpc) is 2.70. The van der Waals surface area contributed by atoms with Crippen LogP contribution in [0.1, 0.15) is 129 Å². The molecule has 0 aliphatic heterocycles. The van der Waals surface area contributed by atoms with Gasteiger partial charge in [-0.1, -0.05) is 134 Å². The molecule has 0 aromatic heterocycles. The highest BCUT2D eigenvalue weighted by Gasteiger charge is 2.24. The minimum absolute atomic E-state index is 0.0914. The fourth-order valence-electron chi connectivity index (χ4n) is 4.40. The fourth-order valence-corrected chi connectivity index (χ4v) is 4.40. The molecule has 1 aromatic carbocycles. The second-order valence-electron chi connectivity index (χ2n) is 9.95. The van der Waals surface area contributed by atoms with E-state index in [0.29, 0.717) is 5.92 Å². The monoisotopic (exact) mass is 401 g/mol. The van der Waals surface area contributed by atoms with Crippen LogP contribution in [0.5, 0.6) is 0 Å². The molecule has 0 fully saturated rings. The van der Waals surface area contributed by atoms with Gasteiger partial charge in [-0.3, -0.25) is 0 Å². The zero-order chi connectivity index (χ0) is 21.2. The third-order valence-corrected chi connectivity index (χ3v) is 6.53. The Morgan fingerprint density at radius 1 is 0.655 bits per heavy atom. The van der Waals surface area contributed by atoms with Gasteiger partial charge in [0.25, 0.3) is 0 Å². The maximum absolute atomic E-state index is 6.49. The topological polar surface area (TPSA) is 26.0 Å². The van der Waals surface area contributed by atoms with Crippen LogP contribution >= 0.6 is 0 Å². The van der Waals surface area contributed by atoms with Gasteiger partial charge < -0.3 is 5.73 Å². The molecule has 0 spiro atoms. The van der Waals surface area contributed by atoms with Crippen LogP contribution in [-0.2, 0) is 6.42 Å². The van der Waals surface area contributed by atoms with Crippen LogP contribution in [0.25, 0.3) is 0 Å². The number of unbranched alkanes of at least 4 members (excludes halogenated alkanes) is 14. The Bertz CT molecular complexity index is 459. The van der Waals surface area contributed by atoms with Crippen LogP contribution < -0.4 is 5.73 Å². The van der Waals surface area contributed by atoms with Crippen molar-refractivity contribution in [2.75, 3.05) is 0 Å². The largest absolute Gasteiger partial charge is 0.325 e. The van der Waals surface area contributed by atoms with Crippen LogP contribution in [0.15, 0.2) is 30.3 Å². The Morgan fingerprint density at radius 2 is 1.07 bits per heavy atom. The minimum atomic E-state index is -0.0914. The second-order valence-corrected chi connectivity index (χ2v) is 9.95. The highest BCUT2D eigenvalue weighted by Crippen LogP contribution is 2.25. The van der Waals surface area contributed by atoms with E-state index in [1.165, 1.54) is 108 Å². The van der Waals surface area contributed by atoms with Crippen molar-refractivity contribution >= 4 is 0 Å². The molecule has 0 radical (unpaired) electrons. The summed E-state index contributed by atoms with van der Waals surface area (Å²) in [7, 11) is 0. The van der Waals surface area contributed by atoms with E-state index in [2.05, 4.69) is 51.1 Å². The number of hydrogen-bond acceptors (Lipinski definition) is 1. The molecular weight excluding hydrogens is 350 g/mol. The molecule has 0 aliphatic rings. The van der Waals surface area contributed by atoms with E-state index in [1.807, 2.05) is 0 Å². The van der Waals surface area contributed by atoms with E-state index >= 15 is 0 Å². The number of nitrogens with two attached hydrogens (primary N) is 1. The van der Waals surface area contributed by atoms with Gasteiger partial charge in [0.05, 0.1) is 0 Å². The molecule has 0 bridgehead atoms. The lowest BCUT2D eigenvalue weighted by Crippen LogP contribution is -2.42. The first-order valence-electron chi connectivity index (χ1n) is 12.9. The Balaban J connectivity index is 1.97. The van der Waals surface area contributed by atoms with Crippen LogP contribution in [0.2, 0.25) is 0 Å². The lowest BCUT2D eigenvalue weighted by atomic mass is 9.80. The predicted octanol–water partition coefficient (Wildman–Crippen LogP) is 8.84. The van der Waals surface area contributed by atoms with E-state index < -0.39 is 0 Å². The summed E-state index contributed by atoms with van der Waals surface area (Å²) in [6, 6.07) is 10.9. The molecule has 0 heterocycles. The first-order valence-corrected chi connectivity index (χ1v) is 12.9. The van der Waals surface area contributed by atoms with Gasteiger partial charge >= 0.3 is 0 Å². The molecule has 1 nitrogen and oxygen atoms in total. The quantitative estimate of drug-likeness (QED) is 0.230. The number of hydrogen-bond donors (Lipinski definition) is 1. The molecule has 1 aromatic rings. The summed E-state index contributed by atoms with van der Waals surface area (Å²) in [6.07, 6.45) is 23.8. The van der Waals surface area contributed by atoms with Gasteiger partial charge in [0.2, 0.25) is 0 Å². The lowest BCUT2D eigenvalue weighted by Gasteiger charge is -2.31. The van der Waals surface area contributed by atoms with Crippen molar-refractivity contribution in [1.82, 2.24) is 0 Å². The van der Waals surface area contributed by atoms with Crippen molar-refractivity contribution in [3.63, 3.8) is 0 Å². The molecule has 1 unspecified atom stereocenters. The average molecular weight is 402 g/mol. The molecule has 1 atom stereocenters. The Labute approximate surface area is 183 Å². The van der Waals surface area contributed by atoms with E-state index in [1.54, 1.807) is 0 Å². The summed E-state index contributed by atoms with van der Waals surface area (Å²) >= 11 is 0. The summed E-state index contributed by atoms with van der Waals surface area (Å²) < 4.78 is 0. The molecule has 0 saturated heterocycles. The number of rotatable bonds is 19. The highest BCUT2D eigenvalue weighted by molar-refractivity contribution is 5.16. The molecule has 0 aliphatic carbocycles. The number of benzene rings is 1. The smallest absolute Gasteiger partial charge is 0.0129 e. The second kappa shape index (κ2) is 16.9. The van der Waals surface area contributed by atoms with Crippen molar-refractivity contribution in [2.45, 2.75) is 135 Å². The zero-order valence-electron chi connectivity index (χ0n) is 20.1. The van der Waals surface area contributed by atoms with E-state index in [9.17, 15) is 0 Å². The lowest BCUT2D eigenvalue weighted by molar-refractivity contribution is 0.290. The normalized spacial score (nSPS) is 13.0. The van der Waals surface area contributed by atoms with Gasteiger partial charge in [0.1, 0.15) is 0 Å². The zero-order valence-corrected chi connectivity index (χ0v) is 20.1. The summed E-state index contributed by atoms with van der Waals surface area (Å²) in [6.45, 7) is 6.70. The van der Waals surface area contributed by atoms with Crippen LogP contribution in [-0.4, -0.2) is 5.54 Å². The molecule has 0 saturated carbocycles. The fraction of sp³-hybridized carbons (Fsp3) is 0.786. The molecule has 168 valence electrons. The standard InChI is InChI=1S/C28H51N/c1-4-5-6-7-8-9-10-11-12-13-14-15-16-17-21-24-27(28(2,3)29)25-26-22-19-18-20-23-26/h18-20,22-23,27H,4-17,21,24-25,29H2,1-3H3. The van der Waals surface area contributed by atoms with Gasteiger partial charge in [0.15, 0.2) is 0 Å². The molecule has 2 N–H and O–H groups in total. The van der Waals surface area contributed by atoms with Crippen molar-refractivity contribution in [1.29, 1.82) is 0 Å². The molecular formula is C28H51N. The van der Waals surface area contributed by atoms with Crippen molar-refractivity contribution in [3.8, 4) is 0 Å². The Hall–Kier alpha value is -0.820. The van der Waals surface area contributed by atoms with Gasteiger partial charge in [-0.05, 0) is 38.2 Å². The molecule has 1 heteroatoms. The van der Waals surface area contributed by atoms with Crippen LogP contribution in [0, 0.1) is 5.92 Å². The minimum Gasteiger partial charge on any atom is -0.325 e. The SMILES string of the molecule is CCCCCCCCCCCCCCCCCC(Cc1ccccc1)C(C)(C)N. The third-order valence-electron chi connectivity index (χ3n) is 6.53. The molecule has 29 heavy (non-hydrogen) atoms. The highest BCUT2D eigenvalue weighted by atomic mass is 14.7. The molecule has 0 amide bonds. The van der Waals surface area contributed by atoms with Gasteiger partial charge in [0, 0.05) is 5.54 Å². The van der Waals surface area contributed by atoms with Crippen molar-refractivity contribution in [2.24, 2.45) is 11.7 Å². The first-order chi connectivity index (χ1) is 14.0. The van der Waals surface area contributed by atoms with Gasteiger partial charge in [-0.25, -0.2) is 0 Å². The summed E-state index contributed by atoms with van der Waals surface area (Å²) in [5.41, 5.74) is 7.82. The van der Waals surface area contributed by atoms with Crippen LogP contribution in [0.4, 0.5) is 0 Å². The van der Waals surface area contributed by atoms with Gasteiger partial charge in [-0.15, -0.1) is 0 Å². The molecule has 1 rings (SSSR count). The Kier molecular flexibility index (Phi) is 15.3. The maximum atomic E-state index is 6.49. The van der Waals surface area contributed by atoms with E-state index in [-0.39, 0.29) is 5.54 Å². The summed E-state index contributed by atoms with van der Waals surface area (Å²) in [5, 5.41) is 0. The third kappa shape index (κ3) is 14.8. The van der Waals surface area contributed by atoms with Crippen molar-refractivity contribution < 1.29 is 0 Å². The maximum Gasteiger partial charge on any atom is 0.0129 e. The van der Waals surface area contributed by atoms with Crippen LogP contribution in [0.3, 0.4) is 0 Å².